The van der Waals surface area contributed by atoms with Gasteiger partial charge in [0.2, 0.25) is 47.3 Å². The molecule has 1 aromatic carbocycles. The molecule has 0 aromatic heterocycles. The number of rotatable bonds is 20. The summed E-state index contributed by atoms with van der Waals surface area (Å²) in [6.45, 7) is 0.861. The number of nitrogens with zero attached hydrogens (tertiary/aromatic N) is 1. The molecule has 286 valence electrons. The second-order valence-electron chi connectivity index (χ2n) is 12.3. The number of carbonyl (C=O) groups excluding carboxylic acids is 8. The fraction of sp³-hybridized carbons (Fsp3) is 0.531. The minimum absolute atomic E-state index is 0.0824. The SMILES string of the molecule is CC(C)[C@H](NC(=O)[C@H](Cc1ccccc1)NC(=O)[C@@H]1CCCN1C(=O)CNC(=O)CNC(=O)[C@H](CO)NC(=O)[C@H](CC(=O)O)NC(=O)CN)C(N)=O. The van der Waals surface area contributed by atoms with Crippen LogP contribution in [-0.4, -0.2) is 131 Å². The fourth-order valence-corrected chi connectivity index (χ4v) is 5.22. The van der Waals surface area contributed by atoms with Crippen molar-refractivity contribution in [2.75, 3.05) is 32.8 Å². The van der Waals surface area contributed by atoms with Gasteiger partial charge < -0.3 is 58.5 Å². The zero-order valence-corrected chi connectivity index (χ0v) is 28.9. The van der Waals surface area contributed by atoms with Gasteiger partial charge in [0.25, 0.3) is 0 Å². The van der Waals surface area contributed by atoms with Crippen LogP contribution in [0.4, 0.5) is 0 Å². The predicted octanol–water partition coefficient (Wildman–Crippen LogP) is -5.04. The van der Waals surface area contributed by atoms with Gasteiger partial charge in [-0.15, -0.1) is 0 Å². The number of nitrogens with one attached hydrogen (secondary N) is 6. The summed E-state index contributed by atoms with van der Waals surface area (Å²) >= 11 is 0. The van der Waals surface area contributed by atoms with Crippen molar-refractivity contribution in [1.82, 2.24) is 36.8 Å². The molecule has 1 aliphatic rings. The van der Waals surface area contributed by atoms with Gasteiger partial charge in [-0.3, -0.25) is 43.2 Å². The summed E-state index contributed by atoms with van der Waals surface area (Å²) in [7, 11) is 0. The van der Waals surface area contributed by atoms with Gasteiger partial charge in [0, 0.05) is 13.0 Å². The third kappa shape index (κ3) is 13.6. The molecule has 1 heterocycles. The first-order valence-electron chi connectivity index (χ1n) is 16.5. The van der Waals surface area contributed by atoms with Gasteiger partial charge in [-0.1, -0.05) is 44.2 Å². The molecular formula is C32H47N9O11. The molecule has 0 spiro atoms. The number of hydrogen-bond acceptors (Lipinski definition) is 11. The average Bonchev–Trinajstić information content (AvgIpc) is 3.60. The molecule has 0 bridgehead atoms. The highest BCUT2D eigenvalue weighted by atomic mass is 16.4. The van der Waals surface area contributed by atoms with Gasteiger partial charge in [-0.2, -0.15) is 0 Å². The molecule has 0 aliphatic carbocycles. The van der Waals surface area contributed by atoms with Gasteiger partial charge in [0.15, 0.2) is 0 Å². The molecule has 8 amide bonds. The van der Waals surface area contributed by atoms with Crippen LogP contribution in [0.15, 0.2) is 30.3 Å². The number of nitrogens with two attached hydrogens (primary N) is 2. The summed E-state index contributed by atoms with van der Waals surface area (Å²) in [6, 6.07) is 2.54. The minimum Gasteiger partial charge on any atom is -0.481 e. The number of aliphatic hydroxyl groups excluding tert-OH is 1. The summed E-state index contributed by atoms with van der Waals surface area (Å²) in [4.78, 5) is 113. The molecule has 0 unspecified atom stereocenters. The Hall–Kier alpha value is -5.63. The van der Waals surface area contributed by atoms with Gasteiger partial charge in [0.1, 0.15) is 30.2 Å². The second-order valence-corrected chi connectivity index (χ2v) is 12.3. The van der Waals surface area contributed by atoms with Gasteiger partial charge >= 0.3 is 5.97 Å². The first-order chi connectivity index (χ1) is 24.6. The molecule has 20 heteroatoms. The molecule has 1 fully saturated rings. The predicted molar refractivity (Wildman–Crippen MR) is 181 cm³/mol. The lowest BCUT2D eigenvalue weighted by molar-refractivity contribution is -0.141. The van der Waals surface area contributed by atoms with E-state index in [9.17, 15) is 48.3 Å². The molecule has 0 radical (unpaired) electrons. The van der Waals surface area contributed by atoms with Gasteiger partial charge in [-0.25, -0.2) is 0 Å². The van der Waals surface area contributed by atoms with Crippen LogP contribution in [0.2, 0.25) is 0 Å². The van der Waals surface area contributed by atoms with Gasteiger partial charge in [0.05, 0.1) is 32.7 Å². The van der Waals surface area contributed by atoms with Crippen LogP contribution in [0.3, 0.4) is 0 Å². The molecule has 52 heavy (non-hydrogen) atoms. The van der Waals surface area contributed by atoms with E-state index in [0.717, 1.165) is 5.56 Å². The summed E-state index contributed by atoms with van der Waals surface area (Å²) in [6.07, 6.45) is -0.0295. The molecule has 0 saturated carbocycles. The third-order valence-electron chi connectivity index (χ3n) is 7.95. The number of likely N-dealkylation sites (tertiary alicyclic amines) is 1. The first kappa shape index (κ1) is 42.5. The maximum atomic E-state index is 13.4. The van der Waals surface area contributed by atoms with Crippen molar-refractivity contribution in [2.24, 2.45) is 17.4 Å². The zero-order chi connectivity index (χ0) is 39.0. The topological polar surface area (TPSA) is 322 Å². The van der Waals surface area contributed by atoms with Crippen molar-refractivity contribution in [3.63, 3.8) is 0 Å². The quantitative estimate of drug-likeness (QED) is 0.0602. The molecule has 20 nitrogen and oxygen atoms in total. The Morgan fingerprint density at radius 1 is 0.827 bits per heavy atom. The van der Waals surface area contributed by atoms with Crippen LogP contribution in [0.5, 0.6) is 0 Å². The molecule has 12 N–H and O–H groups in total. The van der Waals surface area contributed by atoms with Crippen molar-refractivity contribution >= 4 is 53.2 Å². The number of carbonyl (C=O) groups is 9. The molecule has 5 atom stereocenters. The van der Waals surface area contributed by atoms with E-state index in [4.69, 9.17) is 16.6 Å². The minimum atomic E-state index is -1.63. The largest absolute Gasteiger partial charge is 0.481 e. The Balaban J connectivity index is 1.98. The summed E-state index contributed by atoms with van der Waals surface area (Å²) in [5.41, 5.74) is 11.4. The van der Waals surface area contributed by atoms with Gasteiger partial charge in [-0.05, 0) is 24.3 Å². The Labute approximate surface area is 299 Å². The number of amides is 8. The Morgan fingerprint density at radius 3 is 2.06 bits per heavy atom. The normalized spacial score (nSPS) is 16.0. The van der Waals surface area contributed by atoms with E-state index in [-0.39, 0.29) is 25.3 Å². The molecule has 1 aromatic rings. The Kier molecular flexibility index (Phi) is 17.1. The fourth-order valence-electron chi connectivity index (χ4n) is 5.22. The van der Waals surface area contributed by atoms with Crippen LogP contribution in [-0.2, 0) is 49.6 Å². The van der Waals surface area contributed by atoms with Crippen molar-refractivity contribution in [3.05, 3.63) is 35.9 Å². The molecular weight excluding hydrogens is 686 g/mol. The van der Waals surface area contributed by atoms with E-state index in [1.165, 1.54) is 4.90 Å². The second kappa shape index (κ2) is 20.9. The van der Waals surface area contributed by atoms with Crippen molar-refractivity contribution in [1.29, 1.82) is 0 Å². The molecule has 1 saturated heterocycles. The highest BCUT2D eigenvalue weighted by Gasteiger charge is 2.37. The summed E-state index contributed by atoms with van der Waals surface area (Å²) in [5.74, 6) is -8.19. The van der Waals surface area contributed by atoms with Crippen molar-refractivity contribution < 1.29 is 53.4 Å². The van der Waals surface area contributed by atoms with E-state index < -0.39 is 116 Å². The first-order valence-corrected chi connectivity index (χ1v) is 16.5. The van der Waals surface area contributed by atoms with E-state index in [1.54, 1.807) is 44.2 Å². The van der Waals surface area contributed by atoms with Crippen LogP contribution in [0.1, 0.15) is 38.7 Å². The number of benzene rings is 1. The Morgan fingerprint density at radius 2 is 1.48 bits per heavy atom. The van der Waals surface area contributed by atoms with Crippen molar-refractivity contribution in [2.45, 2.75) is 69.7 Å². The lowest BCUT2D eigenvalue weighted by atomic mass is 10.0. The number of primary amides is 1. The van der Waals surface area contributed by atoms with E-state index >= 15 is 0 Å². The highest BCUT2D eigenvalue weighted by Crippen LogP contribution is 2.18. The molecule has 2 rings (SSSR count). The number of aliphatic hydroxyl groups is 1. The maximum absolute atomic E-state index is 13.4. The number of aliphatic carboxylic acids is 1. The van der Waals surface area contributed by atoms with Crippen LogP contribution < -0.4 is 43.4 Å². The lowest BCUT2D eigenvalue weighted by Gasteiger charge is -2.28. The maximum Gasteiger partial charge on any atom is 0.305 e. The van der Waals surface area contributed by atoms with E-state index in [0.29, 0.717) is 6.42 Å². The summed E-state index contributed by atoms with van der Waals surface area (Å²) < 4.78 is 0. The Bertz CT molecular complexity index is 1470. The highest BCUT2D eigenvalue weighted by molar-refractivity contribution is 5.97. The number of carboxylic acids is 1. The van der Waals surface area contributed by atoms with Crippen molar-refractivity contribution in [3.8, 4) is 0 Å². The molecule has 1 aliphatic heterocycles. The number of hydrogen-bond donors (Lipinski definition) is 10. The van der Waals surface area contributed by atoms with E-state index in [1.807, 2.05) is 0 Å². The standard InChI is InChI=1S/C32H47N9O11/c1-17(2)27(28(34)48)40-31(51)19(11-18-7-4-3-5-8-18)38-32(52)22-9-6-10-41(22)25(45)15-35-24(44)14-36-29(49)21(16-42)39-30(50)20(12-26(46)47)37-23(43)13-33/h3-5,7-8,17,19-22,27,42H,6,9-16,33H2,1-2H3,(H2,34,48)(H,35,44)(H,36,49)(H,37,43)(H,38,52)(H,39,50)(H,40,51)(H,46,47)/t19-,20-,21-,22-,27-/m0/s1. The lowest BCUT2D eigenvalue weighted by Crippen LogP contribution is -2.58. The zero-order valence-electron chi connectivity index (χ0n) is 28.9. The monoisotopic (exact) mass is 733 g/mol. The smallest absolute Gasteiger partial charge is 0.305 e. The van der Waals surface area contributed by atoms with Crippen LogP contribution in [0, 0.1) is 5.92 Å². The average molecular weight is 734 g/mol. The summed E-state index contributed by atoms with van der Waals surface area (Å²) in [5, 5.41) is 32.5. The third-order valence-corrected chi connectivity index (χ3v) is 7.95. The number of carboxylic acid groups (broad SMARTS) is 1. The van der Waals surface area contributed by atoms with E-state index in [2.05, 4.69) is 31.9 Å². The van der Waals surface area contributed by atoms with Crippen LogP contribution in [0.25, 0.3) is 0 Å². The van der Waals surface area contributed by atoms with Crippen LogP contribution >= 0.6 is 0 Å².